The lowest BCUT2D eigenvalue weighted by Gasteiger charge is -2.17. The number of hydrogen-bond donors (Lipinski definition) is 3. The number of aromatic nitrogens is 2. The van der Waals surface area contributed by atoms with Gasteiger partial charge >= 0.3 is 0 Å². The molecule has 0 bridgehead atoms. The Bertz CT molecular complexity index is 1000. The molecule has 132 valence electrons. The standard InChI is InChI=1S/C18H21N3O3S/c1-12-10-16-15(8-9-19-17(16)21-12)13-4-6-14(7-5-13)25(23,24)20-11-18(2,3)22/h4-10,20,22H,11H2,1-3H3,(H,19,21). The Labute approximate surface area is 147 Å². The number of sulfonamides is 1. The highest BCUT2D eigenvalue weighted by atomic mass is 32.2. The number of rotatable bonds is 5. The number of nitrogens with zero attached hydrogens (tertiary/aromatic N) is 1. The van der Waals surface area contributed by atoms with Crippen LogP contribution in [0, 0.1) is 6.92 Å². The molecule has 0 radical (unpaired) electrons. The summed E-state index contributed by atoms with van der Waals surface area (Å²) in [5.41, 5.74) is 2.61. The SMILES string of the molecule is Cc1cc2c(-c3ccc(S(=O)(=O)NCC(C)(C)O)cc3)ccnc2[nH]1. The van der Waals surface area contributed by atoms with Crippen molar-refractivity contribution in [1.82, 2.24) is 14.7 Å². The molecular weight excluding hydrogens is 338 g/mol. The minimum Gasteiger partial charge on any atom is -0.389 e. The van der Waals surface area contributed by atoms with Gasteiger partial charge in [0, 0.05) is 23.8 Å². The quantitative estimate of drug-likeness (QED) is 0.652. The van der Waals surface area contributed by atoms with Gasteiger partial charge in [-0.3, -0.25) is 0 Å². The molecule has 25 heavy (non-hydrogen) atoms. The second kappa shape index (κ2) is 6.25. The Morgan fingerprint density at radius 3 is 2.52 bits per heavy atom. The lowest BCUT2D eigenvalue weighted by Crippen LogP contribution is -2.38. The van der Waals surface area contributed by atoms with E-state index in [1.54, 1.807) is 44.3 Å². The molecule has 0 atom stereocenters. The van der Waals surface area contributed by atoms with Crippen LogP contribution in [0.2, 0.25) is 0 Å². The van der Waals surface area contributed by atoms with Gasteiger partial charge in [-0.25, -0.2) is 18.1 Å². The molecule has 0 spiro atoms. The summed E-state index contributed by atoms with van der Waals surface area (Å²) in [6.45, 7) is 5.01. The van der Waals surface area contributed by atoms with Crippen molar-refractivity contribution in [1.29, 1.82) is 0 Å². The second-order valence-electron chi connectivity index (χ2n) is 6.73. The van der Waals surface area contributed by atoms with Gasteiger partial charge in [-0.15, -0.1) is 0 Å². The van der Waals surface area contributed by atoms with Gasteiger partial charge in [-0.05, 0) is 56.2 Å². The van der Waals surface area contributed by atoms with Crippen LogP contribution < -0.4 is 4.72 Å². The number of fused-ring (bicyclic) bond motifs is 1. The van der Waals surface area contributed by atoms with Crippen LogP contribution in [0.25, 0.3) is 22.2 Å². The van der Waals surface area contributed by atoms with Crippen molar-refractivity contribution in [2.75, 3.05) is 6.54 Å². The second-order valence-corrected chi connectivity index (χ2v) is 8.50. The van der Waals surface area contributed by atoms with Crippen LogP contribution in [-0.2, 0) is 10.0 Å². The third kappa shape index (κ3) is 3.89. The van der Waals surface area contributed by atoms with Crippen LogP contribution >= 0.6 is 0 Å². The molecule has 0 saturated carbocycles. The van der Waals surface area contributed by atoms with Gasteiger partial charge < -0.3 is 10.1 Å². The number of aliphatic hydroxyl groups is 1. The zero-order valence-corrected chi connectivity index (χ0v) is 15.2. The maximum absolute atomic E-state index is 12.3. The van der Waals surface area contributed by atoms with E-state index in [0.29, 0.717) is 0 Å². The van der Waals surface area contributed by atoms with Crippen molar-refractivity contribution in [2.45, 2.75) is 31.3 Å². The molecule has 2 aromatic heterocycles. The van der Waals surface area contributed by atoms with E-state index in [1.165, 1.54) is 0 Å². The fourth-order valence-electron chi connectivity index (χ4n) is 2.58. The Balaban J connectivity index is 1.92. The Kier molecular flexibility index (Phi) is 4.40. The van der Waals surface area contributed by atoms with Crippen molar-refractivity contribution in [3.63, 3.8) is 0 Å². The zero-order valence-electron chi connectivity index (χ0n) is 14.4. The topological polar surface area (TPSA) is 95.1 Å². The smallest absolute Gasteiger partial charge is 0.240 e. The van der Waals surface area contributed by atoms with E-state index in [0.717, 1.165) is 27.9 Å². The lowest BCUT2D eigenvalue weighted by molar-refractivity contribution is 0.0857. The third-order valence-corrected chi connectivity index (χ3v) is 5.25. The molecular formula is C18H21N3O3S. The van der Waals surface area contributed by atoms with E-state index in [-0.39, 0.29) is 11.4 Å². The molecule has 0 aliphatic carbocycles. The van der Waals surface area contributed by atoms with Gasteiger partial charge in [0.05, 0.1) is 10.5 Å². The number of aryl methyl sites for hydroxylation is 1. The van der Waals surface area contributed by atoms with Crippen molar-refractivity contribution in [3.8, 4) is 11.1 Å². The maximum Gasteiger partial charge on any atom is 0.240 e. The summed E-state index contributed by atoms with van der Waals surface area (Å²) < 4.78 is 27.0. The fourth-order valence-corrected chi connectivity index (χ4v) is 3.78. The molecule has 0 unspecified atom stereocenters. The highest BCUT2D eigenvalue weighted by Gasteiger charge is 2.19. The summed E-state index contributed by atoms with van der Waals surface area (Å²) >= 11 is 0. The van der Waals surface area contributed by atoms with E-state index >= 15 is 0 Å². The van der Waals surface area contributed by atoms with Crippen LogP contribution in [0.4, 0.5) is 0 Å². The summed E-state index contributed by atoms with van der Waals surface area (Å²) in [6.07, 6.45) is 1.73. The van der Waals surface area contributed by atoms with Crippen LogP contribution in [0.1, 0.15) is 19.5 Å². The highest BCUT2D eigenvalue weighted by Crippen LogP contribution is 2.28. The minimum atomic E-state index is -3.66. The predicted molar refractivity (Wildman–Crippen MR) is 97.8 cm³/mol. The van der Waals surface area contributed by atoms with Gasteiger partial charge in [0.15, 0.2) is 0 Å². The van der Waals surface area contributed by atoms with E-state index in [9.17, 15) is 13.5 Å². The number of hydrogen-bond acceptors (Lipinski definition) is 4. The van der Waals surface area contributed by atoms with Gasteiger partial charge in [0.2, 0.25) is 10.0 Å². The molecule has 0 aliphatic rings. The Morgan fingerprint density at radius 1 is 1.20 bits per heavy atom. The lowest BCUT2D eigenvalue weighted by atomic mass is 10.0. The van der Waals surface area contributed by atoms with Gasteiger partial charge in [-0.1, -0.05) is 12.1 Å². The number of nitrogens with one attached hydrogen (secondary N) is 2. The van der Waals surface area contributed by atoms with Crippen molar-refractivity contribution in [2.24, 2.45) is 0 Å². The summed E-state index contributed by atoms with van der Waals surface area (Å²) in [5, 5.41) is 10.7. The summed E-state index contributed by atoms with van der Waals surface area (Å²) in [6, 6.07) is 10.6. The van der Waals surface area contributed by atoms with Crippen LogP contribution in [0.5, 0.6) is 0 Å². The number of H-pyrrole nitrogens is 1. The van der Waals surface area contributed by atoms with Crippen LogP contribution in [0.15, 0.2) is 47.5 Å². The molecule has 0 saturated heterocycles. The molecule has 0 aliphatic heterocycles. The molecule has 0 amide bonds. The predicted octanol–water partition coefficient (Wildman–Crippen LogP) is 2.59. The van der Waals surface area contributed by atoms with Crippen LogP contribution in [-0.4, -0.2) is 35.6 Å². The zero-order chi connectivity index (χ0) is 18.2. The molecule has 1 aromatic carbocycles. The third-order valence-electron chi connectivity index (χ3n) is 3.84. The summed E-state index contributed by atoms with van der Waals surface area (Å²) in [7, 11) is -3.66. The highest BCUT2D eigenvalue weighted by molar-refractivity contribution is 7.89. The van der Waals surface area contributed by atoms with Crippen LogP contribution in [0.3, 0.4) is 0 Å². The largest absolute Gasteiger partial charge is 0.389 e. The fraction of sp³-hybridized carbons (Fsp3) is 0.278. The Hall–Kier alpha value is -2.22. The minimum absolute atomic E-state index is 0.0509. The maximum atomic E-state index is 12.3. The molecule has 3 aromatic rings. The first-order valence-corrected chi connectivity index (χ1v) is 9.41. The van der Waals surface area contributed by atoms with Crippen molar-refractivity contribution < 1.29 is 13.5 Å². The monoisotopic (exact) mass is 359 g/mol. The molecule has 6 nitrogen and oxygen atoms in total. The molecule has 3 N–H and O–H groups in total. The molecule has 0 fully saturated rings. The summed E-state index contributed by atoms with van der Waals surface area (Å²) in [4.78, 5) is 7.66. The first-order valence-electron chi connectivity index (χ1n) is 7.92. The first-order chi connectivity index (χ1) is 11.7. The van der Waals surface area contributed by atoms with E-state index in [1.807, 2.05) is 19.1 Å². The number of pyridine rings is 1. The van der Waals surface area contributed by atoms with E-state index < -0.39 is 15.6 Å². The van der Waals surface area contributed by atoms with Gasteiger partial charge in [-0.2, -0.15) is 0 Å². The first kappa shape index (κ1) is 17.6. The normalized spacial score (nSPS) is 12.6. The molecule has 2 heterocycles. The summed E-state index contributed by atoms with van der Waals surface area (Å²) in [5.74, 6) is 0. The van der Waals surface area contributed by atoms with Crippen molar-refractivity contribution >= 4 is 21.1 Å². The molecule has 7 heteroatoms. The van der Waals surface area contributed by atoms with Crippen molar-refractivity contribution in [3.05, 3.63) is 48.3 Å². The van der Waals surface area contributed by atoms with Gasteiger partial charge in [0.1, 0.15) is 5.65 Å². The van der Waals surface area contributed by atoms with E-state index in [4.69, 9.17) is 0 Å². The Morgan fingerprint density at radius 2 is 1.88 bits per heavy atom. The number of aromatic amines is 1. The van der Waals surface area contributed by atoms with Gasteiger partial charge in [0.25, 0.3) is 0 Å². The number of benzene rings is 1. The average molecular weight is 359 g/mol. The average Bonchev–Trinajstić information content (AvgIpc) is 2.93. The van der Waals surface area contributed by atoms with E-state index in [2.05, 4.69) is 14.7 Å². The molecule has 3 rings (SSSR count).